The highest BCUT2D eigenvalue weighted by Gasteiger charge is 2.58. The number of ketones is 1. The Labute approximate surface area is 234 Å². The van der Waals surface area contributed by atoms with Crippen LogP contribution in [-0.2, 0) is 23.8 Å². The molecule has 3 N–H and O–H groups in total. The SMILES string of the molecule is CNCCCC(=O)C[C@@H]1C[C@@]2(CO2)[C@H](O)[C@@H](/C=C/C(C)=C/C[C@@H]2O[C@H](C)[C@H](NC(=O)/C=C\C(C)C)C[C@@H]2C)O1. The van der Waals surface area contributed by atoms with Gasteiger partial charge < -0.3 is 30.0 Å². The second-order valence-electron chi connectivity index (χ2n) is 12.0. The lowest BCUT2D eigenvalue weighted by molar-refractivity contribution is -0.144. The highest BCUT2D eigenvalue weighted by molar-refractivity contribution is 5.87. The Morgan fingerprint density at radius 1 is 1.18 bits per heavy atom. The number of rotatable bonds is 13. The van der Waals surface area contributed by atoms with Gasteiger partial charge in [0, 0.05) is 19.3 Å². The van der Waals surface area contributed by atoms with E-state index in [1.54, 1.807) is 6.08 Å². The molecule has 8 heteroatoms. The van der Waals surface area contributed by atoms with Crippen LogP contribution in [0.15, 0.2) is 36.0 Å². The monoisotopic (exact) mass is 546 g/mol. The molecule has 0 aromatic carbocycles. The molecule has 0 aliphatic carbocycles. The molecule has 3 fully saturated rings. The van der Waals surface area contributed by atoms with Crippen LogP contribution < -0.4 is 10.6 Å². The van der Waals surface area contributed by atoms with E-state index in [9.17, 15) is 14.7 Å². The van der Waals surface area contributed by atoms with Crippen LogP contribution in [0.25, 0.3) is 0 Å². The third-order valence-corrected chi connectivity index (χ3v) is 8.02. The second-order valence-corrected chi connectivity index (χ2v) is 12.0. The highest BCUT2D eigenvalue weighted by Crippen LogP contribution is 2.43. The molecule has 0 radical (unpaired) electrons. The lowest BCUT2D eigenvalue weighted by Gasteiger charge is -2.39. The number of amides is 1. The fourth-order valence-electron chi connectivity index (χ4n) is 5.46. The summed E-state index contributed by atoms with van der Waals surface area (Å²) >= 11 is 0. The summed E-state index contributed by atoms with van der Waals surface area (Å²) in [4.78, 5) is 24.6. The van der Waals surface area contributed by atoms with Crippen LogP contribution in [0.2, 0.25) is 0 Å². The first-order valence-corrected chi connectivity index (χ1v) is 14.7. The predicted octanol–water partition coefficient (Wildman–Crippen LogP) is 3.64. The number of hydrogen-bond acceptors (Lipinski definition) is 7. The molecule has 220 valence electrons. The van der Waals surface area contributed by atoms with E-state index >= 15 is 0 Å². The van der Waals surface area contributed by atoms with Gasteiger partial charge in [-0.1, -0.05) is 50.6 Å². The van der Waals surface area contributed by atoms with E-state index in [1.165, 1.54) is 0 Å². The third kappa shape index (κ3) is 9.64. The topological polar surface area (TPSA) is 109 Å². The van der Waals surface area contributed by atoms with Crippen molar-refractivity contribution in [3.63, 3.8) is 0 Å². The van der Waals surface area contributed by atoms with Crippen molar-refractivity contribution >= 4 is 11.7 Å². The molecule has 0 unspecified atom stereocenters. The Kier molecular flexibility index (Phi) is 11.9. The number of aliphatic hydroxyl groups is 1. The minimum atomic E-state index is -0.748. The molecule has 3 heterocycles. The minimum absolute atomic E-state index is 0.00410. The van der Waals surface area contributed by atoms with E-state index in [0.29, 0.717) is 37.7 Å². The van der Waals surface area contributed by atoms with Gasteiger partial charge >= 0.3 is 0 Å². The maximum atomic E-state index is 12.4. The van der Waals surface area contributed by atoms with Gasteiger partial charge in [0.25, 0.3) is 0 Å². The fourth-order valence-corrected chi connectivity index (χ4v) is 5.46. The summed E-state index contributed by atoms with van der Waals surface area (Å²) in [7, 11) is 1.88. The quantitative estimate of drug-likeness (QED) is 0.140. The zero-order valence-corrected chi connectivity index (χ0v) is 24.7. The van der Waals surface area contributed by atoms with Crippen LogP contribution in [0.1, 0.15) is 73.1 Å². The number of carbonyl (C=O) groups excluding carboxylic acids is 2. The molecular weight excluding hydrogens is 496 g/mol. The van der Waals surface area contributed by atoms with Gasteiger partial charge in [0.2, 0.25) is 5.91 Å². The average Bonchev–Trinajstić information content (AvgIpc) is 3.65. The Balaban J connectivity index is 1.51. The maximum Gasteiger partial charge on any atom is 0.243 e. The standard InChI is InChI=1S/C31H50N2O6/c1-20(2)9-14-29(35)33-26-16-22(4)27(38-23(26)5)12-10-21(3)11-13-28-30(36)31(19-37-31)18-25(39-28)17-24(34)8-7-15-32-6/h9-11,13-14,20,22-23,25-28,30,32,36H,7-8,12,15-19H2,1-6H3,(H,33,35)/b13-11+,14-9-,21-10+/t22-,23+,25+,26+,27-,28+,30+,31+/m0/s1. The van der Waals surface area contributed by atoms with Gasteiger partial charge in [-0.2, -0.15) is 0 Å². The van der Waals surface area contributed by atoms with Crippen molar-refractivity contribution in [1.29, 1.82) is 0 Å². The number of hydrogen-bond donors (Lipinski definition) is 3. The summed E-state index contributed by atoms with van der Waals surface area (Å²) in [5.41, 5.74) is 0.471. The molecule has 3 saturated heterocycles. The molecule has 8 atom stereocenters. The van der Waals surface area contributed by atoms with Crippen molar-refractivity contribution in [2.45, 2.75) is 115 Å². The van der Waals surface area contributed by atoms with E-state index in [4.69, 9.17) is 14.2 Å². The van der Waals surface area contributed by atoms with E-state index < -0.39 is 17.8 Å². The molecule has 3 aliphatic rings. The Morgan fingerprint density at radius 2 is 1.92 bits per heavy atom. The van der Waals surface area contributed by atoms with Gasteiger partial charge in [-0.3, -0.25) is 9.59 Å². The molecule has 1 amide bonds. The number of epoxide rings is 1. The van der Waals surface area contributed by atoms with Crippen molar-refractivity contribution in [3.05, 3.63) is 36.0 Å². The van der Waals surface area contributed by atoms with E-state index in [1.807, 2.05) is 53.0 Å². The number of nitrogens with one attached hydrogen (secondary N) is 2. The zero-order valence-electron chi connectivity index (χ0n) is 24.7. The van der Waals surface area contributed by atoms with Gasteiger partial charge in [0.05, 0.1) is 31.0 Å². The highest BCUT2D eigenvalue weighted by atomic mass is 16.6. The fraction of sp³-hybridized carbons (Fsp3) is 0.742. The predicted molar refractivity (Wildman–Crippen MR) is 152 cm³/mol. The van der Waals surface area contributed by atoms with Gasteiger partial charge in [-0.15, -0.1) is 0 Å². The molecule has 39 heavy (non-hydrogen) atoms. The number of carbonyl (C=O) groups is 2. The summed E-state index contributed by atoms with van der Waals surface area (Å²) in [5.74, 6) is 0.756. The normalized spacial score (nSPS) is 35.3. The van der Waals surface area contributed by atoms with Crippen molar-refractivity contribution in [2.75, 3.05) is 20.2 Å². The van der Waals surface area contributed by atoms with Crippen molar-refractivity contribution in [2.24, 2.45) is 11.8 Å². The van der Waals surface area contributed by atoms with E-state index in [2.05, 4.69) is 23.6 Å². The number of ether oxygens (including phenoxy) is 3. The minimum Gasteiger partial charge on any atom is -0.387 e. The van der Waals surface area contributed by atoms with Crippen LogP contribution >= 0.6 is 0 Å². The molecule has 3 rings (SSSR count). The molecule has 8 nitrogen and oxygen atoms in total. The largest absolute Gasteiger partial charge is 0.387 e. The lowest BCUT2D eigenvalue weighted by atomic mass is 9.86. The Hall–Kier alpha value is -1.84. The third-order valence-electron chi connectivity index (χ3n) is 8.02. The molecule has 0 aromatic heterocycles. The summed E-state index contributed by atoms with van der Waals surface area (Å²) in [5, 5.41) is 17.0. The van der Waals surface area contributed by atoms with Crippen LogP contribution in [0.4, 0.5) is 0 Å². The number of aliphatic hydroxyl groups excluding tert-OH is 1. The Morgan fingerprint density at radius 3 is 2.59 bits per heavy atom. The van der Waals surface area contributed by atoms with Gasteiger partial charge in [-0.05, 0) is 64.6 Å². The van der Waals surface area contributed by atoms with E-state index in [-0.39, 0.29) is 36.0 Å². The first-order valence-electron chi connectivity index (χ1n) is 14.7. The second kappa shape index (κ2) is 14.7. The number of Topliss-reactive ketones (excluding diaryl/α,β-unsaturated/α-hetero) is 1. The van der Waals surface area contributed by atoms with Crippen molar-refractivity contribution in [1.82, 2.24) is 10.6 Å². The molecule has 0 saturated carbocycles. The van der Waals surface area contributed by atoms with Crippen LogP contribution in [0, 0.1) is 11.8 Å². The lowest BCUT2D eigenvalue weighted by Crippen LogP contribution is -2.50. The summed E-state index contributed by atoms with van der Waals surface area (Å²) < 4.78 is 18.1. The maximum absolute atomic E-state index is 12.4. The van der Waals surface area contributed by atoms with Gasteiger partial charge in [0.1, 0.15) is 23.6 Å². The van der Waals surface area contributed by atoms with Crippen LogP contribution in [0.3, 0.4) is 0 Å². The van der Waals surface area contributed by atoms with Crippen molar-refractivity contribution < 1.29 is 28.9 Å². The van der Waals surface area contributed by atoms with Gasteiger partial charge in [0.15, 0.2) is 0 Å². The zero-order chi connectivity index (χ0) is 28.6. The first-order chi connectivity index (χ1) is 18.5. The molecule has 1 spiro atoms. The molecular formula is C31H50N2O6. The van der Waals surface area contributed by atoms with Gasteiger partial charge in [-0.25, -0.2) is 0 Å². The van der Waals surface area contributed by atoms with E-state index in [0.717, 1.165) is 31.4 Å². The average molecular weight is 547 g/mol. The molecule has 0 bridgehead atoms. The summed E-state index contributed by atoms with van der Waals surface area (Å²) in [6.45, 7) is 11.6. The summed E-state index contributed by atoms with van der Waals surface area (Å²) in [6, 6.07) is -0.00410. The Bertz CT molecular complexity index is 909. The number of allylic oxidation sites excluding steroid dienone is 3. The van der Waals surface area contributed by atoms with Crippen LogP contribution in [-0.4, -0.2) is 79.2 Å². The first kappa shape index (κ1) is 31.7. The summed E-state index contributed by atoms with van der Waals surface area (Å²) in [6.07, 6.45) is 11.9. The van der Waals surface area contributed by atoms with Crippen LogP contribution in [0.5, 0.6) is 0 Å². The smallest absolute Gasteiger partial charge is 0.243 e. The molecule has 3 aliphatic heterocycles. The molecule has 0 aromatic rings. The van der Waals surface area contributed by atoms with Crippen molar-refractivity contribution in [3.8, 4) is 0 Å².